The van der Waals surface area contributed by atoms with Crippen molar-refractivity contribution in [2.45, 2.75) is 199 Å². The highest BCUT2D eigenvalue weighted by Gasteiger charge is 2.54. The third-order valence-corrected chi connectivity index (χ3v) is 12.9. The van der Waals surface area contributed by atoms with Crippen LogP contribution in [0.1, 0.15) is 108 Å². The van der Waals surface area contributed by atoms with Crippen LogP contribution in [-0.4, -0.2) is 167 Å². The van der Waals surface area contributed by atoms with Gasteiger partial charge in [-0.2, -0.15) is 0 Å². The summed E-state index contributed by atoms with van der Waals surface area (Å²) in [6.45, 7) is 19.2. The van der Waals surface area contributed by atoms with E-state index in [4.69, 9.17) is 38.0 Å². The Morgan fingerprint density at radius 1 is 1.00 bits per heavy atom. The molecule has 1 unspecified atom stereocenters. The largest absolute Gasteiger partial charge is 0.459 e. The molecule has 3 rings (SSSR count). The number of carbonyl (C=O) groups excluding carboxylic acids is 2. The van der Waals surface area contributed by atoms with Gasteiger partial charge in [0.15, 0.2) is 18.7 Å². The Hall–Kier alpha value is -2.26. The van der Waals surface area contributed by atoms with E-state index in [1.807, 2.05) is 32.7 Å². The minimum atomic E-state index is -1.85. The van der Waals surface area contributed by atoms with Gasteiger partial charge in [0.1, 0.15) is 23.9 Å². The molecule has 3 N–H and O–H groups in total. The zero-order valence-corrected chi connectivity index (χ0v) is 38.0. The average molecular weight is 850 g/mol. The molecular weight excluding hydrogens is 774 g/mol. The number of ether oxygens (including phenoxy) is 7. The molecule has 0 amide bonds. The summed E-state index contributed by atoms with van der Waals surface area (Å²) >= 11 is 0. The zero-order valence-electron chi connectivity index (χ0n) is 38.0. The number of hydrogen-bond donors (Lipinski definition) is 3. The van der Waals surface area contributed by atoms with E-state index in [1.165, 1.54) is 14.0 Å². The second-order valence-corrected chi connectivity index (χ2v) is 18.3. The number of hydrogen-bond acceptors (Lipinski definition) is 17. The molecule has 0 aliphatic carbocycles. The van der Waals surface area contributed by atoms with Crippen molar-refractivity contribution in [3.05, 3.63) is 10.1 Å². The first-order chi connectivity index (χ1) is 27.2. The van der Waals surface area contributed by atoms with Gasteiger partial charge in [0.25, 0.3) is 5.09 Å². The molecule has 18 atom stereocenters. The lowest BCUT2D eigenvalue weighted by Gasteiger charge is -2.49. The van der Waals surface area contributed by atoms with Gasteiger partial charge >= 0.3 is 11.9 Å². The number of carbonyl (C=O) groups is 2. The zero-order chi connectivity index (χ0) is 44.9. The highest BCUT2D eigenvalue weighted by atomic mass is 17.0. The van der Waals surface area contributed by atoms with Crippen LogP contribution in [0, 0.1) is 27.9 Å². The van der Waals surface area contributed by atoms with Crippen molar-refractivity contribution in [2.24, 2.45) is 17.8 Å². The number of nitrogens with zero attached hydrogens (tertiary/aromatic N) is 3. The molecular formula is C41H75N3O15. The van der Waals surface area contributed by atoms with Crippen LogP contribution in [-0.2, 0) is 47.6 Å². The second-order valence-electron chi connectivity index (χ2n) is 18.3. The Kier molecular flexibility index (Phi) is 18.0. The number of esters is 2. The number of methoxy groups -OCH3 is 1. The SMILES string of the molecule is CCC(=O)O[C@@H]1[C@@H](C)N(C)C[C@H](C)C[C@@](C)(O)[C@H](O[C@@H]2O[C@H](C)CC(N(C)C)[C@H]2O[N+](=O)[O-])[C@@H](C)[C@H](O[C@H]2C[C@@](C)(OC)[C@@H](O)[C@H](C)O2)[C@@H](C)C(=O)O[C@H](CC)[C@@]1(C)O. The summed E-state index contributed by atoms with van der Waals surface area (Å²) in [5.74, 6) is -3.58. The number of rotatable bonds is 11. The Morgan fingerprint density at radius 3 is 2.17 bits per heavy atom. The molecule has 59 heavy (non-hydrogen) atoms. The Morgan fingerprint density at radius 2 is 1.63 bits per heavy atom. The van der Waals surface area contributed by atoms with Crippen LogP contribution >= 0.6 is 0 Å². The van der Waals surface area contributed by atoms with Crippen molar-refractivity contribution in [3.8, 4) is 0 Å². The first kappa shape index (κ1) is 51.1. The lowest BCUT2D eigenvalue weighted by Crippen LogP contribution is -2.61. The van der Waals surface area contributed by atoms with E-state index >= 15 is 0 Å². The van der Waals surface area contributed by atoms with Crippen molar-refractivity contribution in [2.75, 3.05) is 34.8 Å². The van der Waals surface area contributed by atoms with Crippen molar-refractivity contribution in [1.82, 2.24) is 9.80 Å². The van der Waals surface area contributed by atoms with Gasteiger partial charge < -0.3 is 58.2 Å². The van der Waals surface area contributed by atoms with E-state index in [0.29, 0.717) is 13.0 Å². The maximum absolute atomic E-state index is 14.5. The Labute approximate surface area is 350 Å². The first-order valence-electron chi connectivity index (χ1n) is 21.1. The molecule has 18 nitrogen and oxygen atoms in total. The van der Waals surface area contributed by atoms with Gasteiger partial charge in [-0.3, -0.25) is 14.5 Å². The number of likely N-dealkylation sites (N-methyl/N-ethyl adjacent to an activating group) is 2. The molecule has 0 aromatic carbocycles. The minimum Gasteiger partial charge on any atom is -0.459 e. The molecule has 344 valence electrons. The monoisotopic (exact) mass is 850 g/mol. The van der Waals surface area contributed by atoms with Gasteiger partial charge in [-0.1, -0.05) is 27.7 Å². The van der Waals surface area contributed by atoms with Gasteiger partial charge in [-0.25, -0.2) is 0 Å². The van der Waals surface area contributed by atoms with Crippen LogP contribution < -0.4 is 0 Å². The molecule has 0 radical (unpaired) electrons. The summed E-state index contributed by atoms with van der Waals surface area (Å²) in [7, 11) is 6.85. The molecule has 0 aromatic heterocycles. The normalized spacial score (nSPS) is 44.9. The van der Waals surface area contributed by atoms with Crippen molar-refractivity contribution >= 4 is 11.9 Å². The second kappa shape index (κ2) is 20.7. The van der Waals surface area contributed by atoms with Gasteiger partial charge in [0, 0.05) is 44.5 Å². The molecule has 0 bridgehead atoms. The van der Waals surface area contributed by atoms with Gasteiger partial charge in [-0.05, 0) is 94.8 Å². The third-order valence-electron chi connectivity index (χ3n) is 12.9. The fraction of sp³-hybridized carbons (Fsp3) is 0.951. The van der Waals surface area contributed by atoms with Crippen molar-refractivity contribution in [3.63, 3.8) is 0 Å². The fourth-order valence-electron chi connectivity index (χ4n) is 9.36. The molecule has 3 aliphatic heterocycles. The van der Waals surface area contributed by atoms with E-state index in [2.05, 4.69) is 0 Å². The Balaban J connectivity index is 2.27. The molecule has 0 spiro atoms. The molecule has 3 aliphatic rings. The highest BCUT2D eigenvalue weighted by Crippen LogP contribution is 2.40. The van der Waals surface area contributed by atoms with Crippen LogP contribution in [0.15, 0.2) is 0 Å². The predicted octanol–water partition coefficient (Wildman–Crippen LogP) is 3.08. The summed E-state index contributed by atoms with van der Waals surface area (Å²) in [6, 6.07) is -1.09. The van der Waals surface area contributed by atoms with Crippen LogP contribution in [0.4, 0.5) is 0 Å². The minimum absolute atomic E-state index is 0.0571. The quantitative estimate of drug-likeness (QED) is 0.155. The van der Waals surface area contributed by atoms with E-state index < -0.39 is 119 Å². The van der Waals surface area contributed by atoms with E-state index in [0.717, 1.165) is 0 Å². The number of cyclic esters (lactones) is 1. The summed E-state index contributed by atoms with van der Waals surface area (Å²) in [5, 5.41) is 47.0. The smallest absolute Gasteiger partial charge is 0.311 e. The number of aliphatic hydroxyl groups excluding tert-OH is 1. The van der Waals surface area contributed by atoms with Crippen molar-refractivity contribution in [1.29, 1.82) is 0 Å². The predicted molar refractivity (Wildman–Crippen MR) is 214 cm³/mol. The first-order valence-corrected chi connectivity index (χ1v) is 21.1. The molecule has 18 heteroatoms. The van der Waals surface area contributed by atoms with Crippen LogP contribution in [0.25, 0.3) is 0 Å². The summed E-state index contributed by atoms with van der Waals surface area (Å²) in [5.41, 5.74) is -4.66. The third kappa shape index (κ3) is 12.2. The topological polar surface area (TPSA) is 218 Å². The van der Waals surface area contributed by atoms with Crippen molar-refractivity contribution < 1.29 is 68.0 Å². The summed E-state index contributed by atoms with van der Waals surface area (Å²) < 4.78 is 43.8. The Bertz CT molecular complexity index is 1390. The lowest BCUT2D eigenvalue weighted by molar-refractivity contribution is -0.775. The molecule has 0 aromatic rings. The highest BCUT2D eigenvalue weighted by molar-refractivity contribution is 5.73. The molecule has 3 heterocycles. The van der Waals surface area contributed by atoms with Crippen LogP contribution in [0.2, 0.25) is 0 Å². The molecule has 3 fully saturated rings. The maximum atomic E-state index is 14.5. The lowest BCUT2D eigenvalue weighted by atomic mass is 9.77. The van der Waals surface area contributed by atoms with E-state index in [1.54, 1.807) is 67.5 Å². The van der Waals surface area contributed by atoms with Gasteiger partial charge in [-0.15, -0.1) is 10.1 Å². The van der Waals surface area contributed by atoms with Crippen LogP contribution in [0.5, 0.6) is 0 Å². The molecule has 3 saturated heterocycles. The average Bonchev–Trinajstić information content (AvgIpc) is 3.14. The molecule has 0 saturated carbocycles. The van der Waals surface area contributed by atoms with Gasteiger partial charge in [0.2, 0.25) is 0 Å². The summed E-state index contributed by atoms with van der Waals surface area (Å²) in [4.78, 5) is 48.2. The van der Waals surface area contributed by atoms with Crippen LogP contribution in [0.3, 0.4) is 0 Å². The summed E-state index contributed by atoms with van der Waals surface area (Å²) in [6.07, 6.45) is -9.60. The number of aliphatic hydroxyl groups is 3. The standard InChI is InChI=1S/C41H75N3O15/c1-16-29-41(11,49)36(56-30(45)17-2)26(7)43(14)21-22(3)19-39(9,48)35(58-38-33(59-44(50)51)28(42(12)13)18-23(4)53-38)24(5)32(25(6)37(47)55-29)57-31-20-40(10,52-15)34(46)27(8)54-31/h22-29,31-36,38,46,48-49H,16-21H2,1-15H3/t22-,23-,24+,25-,26-,27+,28?,29-,31+,32+,33-,34+,35-,36-,38+,39-,40-,41-/m1/s1. The van der Waals surface area contributed by atoms with E-state index in [9.17, 15) is 35.0 Å². The van der Waals surface area contributed by atoms with Gasteiger partial charge in [0.05, 0.1) is 41.5 Å². The maximum Gasteiger partial charge on any atom is 0.311 e. The van der Waals surface area contributed by atoms with E-state index in [-0.39, 0.29) is 31.6 Å². The fourth-order valence-corrected chi connectivity index (χ4v) is 9.36.